The van der Waals surface area contributed by atoms with Gasteiger partial charge in [0.15, 0.2) is 6.04 Å². The first-order valence-corrected chi connectivity index (χ1v) is 6.17. The minimum absolute atomic E-state index is 0.131. The van der Waals surface area contributed by atoms with Crippen LogP contribution in [0.4, 0.5) is 4.79 Å². The van der Waals surface area contributed by atoms with E-state index in [0.717, 1.165) is 0 Å². The number of hydrogen-bond acceptors (Lipinski definition) is 3. The Balaban J connectivity index is 1.96. The fourth-order valence-electron chi connectivity index (χ4n) is 2.00. The van der Waals surface area contributed by atoms with Crippen molar-refractivity contribution in [2.45, 2.75) is 18.5 Å². The smallest absolute Gasteiger partial charge is 0.330 e. The number of rotatable bonds is 4. The first-order valence-electron chi connectivity index (χ1n) is 6.17. The summed E-state index contributed by atoms with van der Waals surface area (Å²) in [6.07, 6.45) is 0.205. The lowest BCUT2D eigenvalue weighted by Crippen LogP contribution is -2.45. The standard InChI is InChI=1S/C13H15N3O4/c17-10-6-9(7-14-10)15-13(20)16-11(12(18)19)8-4-2-1-3-5-8/h1-5,9,11H,6-7H2,(H,14,17)(H,18,19)(H2,15,16,20)/t9?,11-/m0/s1. The van der Waals surface area contributed by atoms with E-state index in [2.05, 4.69) is 16.0 Å². The lowest BCUT2D eigenvalue weighted by molar-refractivity contribution is -0.139. The summed E-state index contributed by atoms with van der Waals surface area (Å²) < 4.78 is 0. The van der Waals surface area contributed by atoms with Gasteiger partial charge in [0.1, 0.15) is 0 Å². The topological polar surface area (TPSA) is 108 Å². The van der Waals surface area contributed by atoms with Crippen molar-refractivity contribution >= 4 is 17.9 Å². The third-order valence-electron chi connectivity index (χ3n) is 2.97. The molecule has 20 heavy (non-hydrogen) atoms. The third-order valence-corrected chi connectivity index (χ3v) is 2.97. The molecule has 1 aliphatic heterocycles. The van der Waals surface area contributed by atoms with Crippen molar-refractivity contribution in [3.63, 3.8) is 0 Å². The molecular weight excluding hydrogens is 262 g/mol. The lowest BCUT2D eigenvalue weighted by atomic mass is 10.1. The molecule has 0 aromatic heterocycles. The molecule has 1 unspecified atom stereocenters. The molecule has 0 radical (unpaired) electrons. The van der Waals surface area contributed by atoms with Crippen LogP contribution in [0, 0.1) is 0 Å². The molecule has 1 aromatic carbocycles. The Kier molecular flexibility index (Phi) is 4.19. The average molecular weight is 277 g/mol. The van der Waals surface area contributed by atoms with Crippen LogP contribution in [0.3, 0.4) is 0 Å². The van der Waals surface area contributed by atoms with Crippen LogP contribution in [0.2, 0.25) is 0 Å². The molecule has 0 saturated carbocycles. The number of hydrogen-bond donors (Lipinski definition) is 4. The zero-order valence-corrected chi connectivity index (χ0v) is 10.6. The molecule has 1 saturated heterocycles. The molecule has 0 bridgehead atoms. The number of carboxylic acid groups (broad SMARTS) is 1. The van der Waals surface area contributed by atoms with Gasteiger partial charge in [-0.15, -0.1) is 0 Å². The van der Waals surface area contributed by atoms with Gasteiger partial charge >= 0.3 is 12.0 Å². The molecule has 7 heteroatoms. The molecule has 106 valence electrons. The van der Waals surface area contributed by atoms with Gasteiger partial charge in [-0.3, -0.25) is 4.79 Å². The molecule has 7 nitrogen and oxygen atoms in total. The number of carbonyl (C=O) groups excluding carboxylic acids is 2. The first-order chi connectivity index (χ1) is 9.56. The molecule has 4 N–H and O–H groups in total. The molecule has 0 spiro atoms. The van der Waals surface area contributed by atoms with Crippen LogP contribution in [-0.2, 0) is 9.59 Å². The summed E-state index contributed by atoms with van der Waals surface area (Å²) in [4.78, 5) is 34.0. The van der Waals surface area contributed by atoms with Crippen LogP contribution in [-0.4, -0.2) is 35.6 Å². The SMILES string of the molecule is O=C1CC(NC(=O)N[C@H](C(=O)O)c2ccccc2)CN1. The van der Waals surface area contributed by atoms with Crippen molar-refractivity contribution in [3.05, 3.63) is 35.9 Å². The minimum Gasteiger partial charge on any atom is -0.479 e. The average Bonchev–Trinajstić information content (AvgIpc) is 2.82. The highest BCUT2D eigenvalue weighted by Crippen LogP contribution is 2.12. The Morgan fingerprint density at radius 1 is 1.30 bits per heavy atom. The Labute approximate surface area is 115 Å². The van der Waals surface area contributed by atoms with Crippen LogP contribution in [0.15, 0.2) is 30.3 Å². The van der Waals surface area contributed by atoms with Crippen molar-refractivity contribution in [1.29, 1.82) is 0 Å². The van der Waals surface area contributed by atoms with Crippen LogP contribution in [0.5, 0.6) is 0 Å². The summed E-state index contributed by atoms with van der Waals surface area (Å²) in [5, 5.41) is 16.7. The van der Waals surface area contributed by atoms with Crippen LogP contribution in [0.25, 0.3) is 0 Å². The molecule has 3 amide bonds. The van der Waals surface area contributed by atoms with Crippen LogP contribution < -0.4 is 16.0 Å². The highest BCUT2D eigenvalue weighted by atomic mass is 16.4. The quantitative estimate of drug-likeness (QED) is 0.621. The van der Waals surface area contributed by atoms with E-state index >= 15 is 0 Å². The summed E-state index contributed by atoms with van der Waals surface area (Å²) >= 11 is 0. The molecule has 1 aromatic rings. The molecular formula is C13H15N3O4. The summed E-state index contributed by atoms with van der Waals surface area (Å²) in [5.74, 6) is -1.28. The van der Waals surface area contributed by atoms with Crippen molar-refractivity contribution in [2.75, 3.05) is 6.54 Å². The van der Waals surface area contributed by atoms with Gasteiger partial charge in [-0.05, 0) is 5.56 Å². The Bertz CT molecular complexity index is 518. The van der Waals surface area contributed by atoms with E-state index in [9.17, 15) is 14.4 Å². The third kappa shape index (κ3) is 3.47. The molecule has 1 aliphatic rings. The Morgan fingerprint density at radius 2 is 2.00 bits per heavy atom. The predicted molar refractivity (Wildman–Crippen MR) is 69.9 cm³/mol. The van der Waals surface area contributed by atoms with E-state index in [-0.39, 0.29) is 18.4 Å². The van der Waals surface area contributed by atoms with Crippen molar-refractivity contribution in [1.82, 2.24) is 16.0 Å². The maximum atomic E-state index is 11.8. The second kappa shape index (κ2) is 6.05. The van der Waals surface area contributed by atoms with Crippen molar-refractivity contribution < 1.29 is 19.5 Å². The zero-order chi connectivity index (χ0) is 14.5. The molecule has 1 fully saturated rings. The van der Waals surface area contributed by atoms with Gasteiger partial charge < -0.3 is 21.1 Å². The van der Waals surface area contributed by atoms with Crippen LogP contribution >= 0.6 is 0 Å². The first kappa shape index (κ1) is 13.9. The number of benzene rings is 1. The van der Waals surface area contributed by atoms with Gasteiger partial charge in [0, 0.05) is 13.0 Å². The fraction of sp³-hybridized carbons (Fsp3) is 0.308. The summed E-state index contributed by atoms with van der Waals surface area (Å²) in [6.45, 7) is 0.356. The van der Waals surface area contributed by atoms with Crippen molar-refractivity contribution in [2.24, 2.45) is 0 Å². The number of urea groups is 1. The maximum Gasteiger partial charge on any atom is 0.330 e. The monoisotopic (exact) mass is 277 g/mol. The van der Waals surface area contributed by atoms with Crippen LogP contribution in [0.1, 0.15) is 18.0 Å². The van der Waals surface area contributed by atoms with E-state index in [1.807, 2.05) is 0 Å². The largest absolute Gasteiger partial charge is 0.479 e. The highest BCUT2D eigenvalue weighted by Gasteiger charge is 2.26. The van der Waals surface area contributed by atoms with E-state index in [1.165, 1.54) is 0 Å². The number of nitrogens with one attached hydrogen (secondary N) is 3. The summed E-state index contributed by atoms with van der Waals surface area (Å²) in [5.41, 5.74) is 0.482. The van der Waals surface area contributed by atoms with Crippen molar-refractivity contribution in [3.8, 4) is 0 Å². The van der Waals surface area contributed by atoms with E-state index < -0.39 is 18.0 Å². The van der Waals surface area contributed by atoms with Gasteiger partial charge in [0.05, 0.1) is 6.04 Å². The Hall–Kier alpha value is -2.57. The van der Waals surface area contributed by atoms with Gasteiger partial charge in [-0.1, -0.05) is 30.3 Å². The molecule has 2 rings (SSSR count). The summed E-state index contributed by atoms with van der Waals surface area (Å²) in [6, 6.07) is 6.36. The van der Waals surface area contributed by atoms with Gasteiger partial charge in [0.25, 0.3) is 0 Å². The van der Waals surface area contributed by atoms with Gasteiger partial charge in [0.2, 0.25) is 5.91 Å². The van der Waals surface area contributed by atoms with Gasteiger partial charge in [-0.2, -0.15) is 0 Å². The predicted octanol–water partition coefficient (Wildman–Crippen LogP) is -0.000000000000000167. The molecule has 0 aliphatic carbocycles. The normalized spacial score (nSPS) is 19.0. The molecule has 2 atom stereocenters. The number of carboxylic acids is 1. The Morgan fingerprint density at radius 3 is 2.55 bits per heavy atom. The second-order valence-electron chi connectivity index (χ2n) is 4.50. The fourth-order valence-corrected chi connectivity index (χ4v) is 2.00. The van der Waals surface area contributed by atoms with Gasteiger partial charge in [-0.25, -0.2) is 9.59 Å². The van der Waals surface area contributed by atoms with E-state index in [1.54, 1.807) is 30.3 Å². The minimum atomic E-state index is -1.15. The molecule has 1 heterocycles. The number of amides is 3. The number of carbonyl (C=O) groups is 3. The highest BCUT2D eigenvalue weighted by molar-refractivity contribution is 5.85. The second-order valence-corrected chi connectivity index (χ2v) is 4.50. The lowest BCUT2D eigenvalue weighted by Gasteiger charge is -2.17. The summed E-state index contributed by atoms with van der Waals surface area (Å²) in [7, 11) is 0. The number of aliphatic carboxylic acids is 1. The van der Waals surface area contributed by atoms with E-state index in [4.69, 9.17) is 5.11 Å². The zero-order valence-electron chi connectivity index (χ0n) is 10.6. The maximum absolute atomic E-state index is 11.8. The van der Waals surface area contributed by atoms with E-state index in [0.29, 0.717) is 12.1 Å².